The lowest BCUT2D eigenvalue weighted by Gasteiger charge is -2.24. The number of nitrogens with one attached hydrogen (secondary N) is 2. The number of aromatic nitrogens is 1. The predicted octanol–water partition coefficient (Wildman–Crippen LogP) is 2.26. The molecule has 168 valence electrons. The molecule has 1 aromatic carbocycles. The van der Waals surface area contributed by atoms with Crippen LogP contribution in [0.1, 0.15) is 31.0 Å². The molecule has 1 fully saturated rings. The summed E-state index contributed by atoms with van der Waals surface area (Å²) in [7, 11) is 3.49. The first kappa shape index (κ1) is 22.8. The number of likely N-dealkylation sites (N-methyl/N-ethyl adjacent to an activating group) is 2. The van der Waals surface area contributed by atoms with Crippen LogP contribution in [0, 0.1) is 6.92 Å². The number of rotatable bonds is 8. The SMILES string of the molecule is CCN1CCCC1CNC(=NCc1coc(-c2ccc(C)cc2)n1)NCC(=O)N(C)C. The Labute approximate surface area is 184 Å². The molecule has 0 saturated carbocycles. The van der Waals surface area contributed by atoms with Gasteiger partial charge in [0.25, 0.3) is 0 Å². The topological polar surface area (TPSA) is 86.0 Å². The third kappa shape index (κ3) is 6.55. The van der Waals surface area contributed by atoms with E-state index in [9.17, 15) is 4.79 Å². The van der Waals surface area contributed by atoms with Gasteiger partial charge in [-0.2, -0.15) is 0 Å². The van der Waals surface area contributed by atoms with Crippen LogP contribution < -0.4 is 10.6 Å². The van der Waals surface area contributed by atoms with E-state index in [4.69, 9.17) is 4.42 Å². The number of aryl methyl sites for hydroxylation is 1. The van der Waals surface area contributed by atoms with Gasteiger partial charge in [0.2, 0.25) is 11.8 Å². The highest BCUT2D eigenvalue weighted by atomic mass is 16.3. The minimum absolute atomic E-state index is 0.00588. The maximum Gasteiger partial charge on any atom is 0.241 e. The fourth-order valence-corrected chi connectivity index (χ4v) is 3.62. The van der Waals surface area contributed by atoms with Crippen LogP contribution in [0.5, 0.6) is 0 Å². The fraction of sp³-hybridized carbons (Fsp3) is 0.522. The number of carbonyl (C=O) groups is 1. The van der Waals surface area contributed by atoms with Gasteiger partial charge in [0.05, 0.1) is 13.1 Å². The third-order valence-corrected chi connectivity index (χ3v) is 5.57. The molecule has 1 unspecified atom stereocenters. The van der Waals surface area contributed by atoms with E-state index in [2.05, 4.69) is 32.4 Å². The van der Waals surface area contributed by atoms with Gasteiger partial charge in [-0.15, -0.1) is 0 Å². The summed E-state index contributed by atoms with van der Waals surface area (Å²) < 4.78 is 5.63. The molecule has 1 aliphatic rings. The Kier molecular flexibility index (Phi) is 8.06. The van der Waals surface area contributed by atoms with Gasteiger partial charge in [0.1, 0.15) is 12.0 Å². The summed E-state index contributed by atoms with van der Waals surface area (Å²) in [5.41, 5.74) is 2.87. The minimum Gasteiger partial charge on any atom is -0.444 e. The molecule has 1 aromatic heterocycles. The molecule has 2 heterocycles. The normalized spacial score (nSPS) is 17.0. The summed E-state index contributed by atoms with van der Waals surface area (Å²) in [6.07, 6.45) is 4.03. The maximum atomic E-state index is 12.0. The van der Waals surface area contributed by atoms with Gasteiger partial charge in [-0.3, -0.25) is 9.69 Å². The Morgan fingerprint density at radius 2 is 2.06 bits per heavy atom. The third-order valence-electron chi connectivity index (χ3n) is 5.57. The number of nitrogens with zero attached hydrogens (tertiary/aromatic N) is 4. The monoisotopic (exact) mass is 426 g/mol. The number of oxazole rings is 1. The molecule has 8 heteroatoms. The first-order valence-electron chi connectivity index (χ1n) is 10.9. The van der Waals surface area contributed by atoms with Crippen LogP contribution in [-0.2, 0) is 11.3 Å². The van der Waals surface area contributed by atoms with Crippen LogP contribution in [0.3, 0.4) is 0 Å². The number of hydrogen-bond acceptors (Lipinski definition) is 5. The Hall–Kier alpha value is -2.87. The van der Waals surface area contributed by atoms with E-state index in [1.165, 1.54) is 18.4 Å². The van der Waals surface area contributed by atoms with E-state index in [-0.39, 0.29) is 12.5 Å². The molecule has 2 N–H and O–H groups in total. The summed E-state index contributed by atoms with van der Waals surface area (Å²) in [6, 6.07) is 8.55. The Morgan fingerprint density at radius 1 is 1.29 bits per heavy atom. The zero-order valence-corrected chi connectivity index (χ0v) is 19.0. The van der Waals surface area contributed by atoms with Crippen LogP contribution in [-0.4, -0.2) is 73.0 Å². The first-order valence-corrected chi connectivity index (χ1v) is 10.9. The predicted molar refractivity (Wildman–Crippen MR) is 123 cm³/mol. The molecule has 0 bridgehead atoms. The van der Waals surface area contributed by atoms with Crippen molar-refractivity contribution in [3.05, 3.63) is 41.8 Å². The molecule has 1 aliphatic heterocycles. The summed E-state index contributed by atoms with van der Waals surface area (Å²) in [4.78, 5) is 25.2. The number of benzene rings is 1. The largest absolute Gasteiger partial charge is 0.444 e. The summed E-state index contributed by atoms with van der Waals surface area (Å²) in [5, 5.41) is 6.55. The minimum atomic E-state index is -0.00588. The summed E-state index contributed by atoms with van der Waals surface area (Å²) >= 11 is 0. The molecular formula is C23H34N6O2. The van der Waals surface area contributed by atoms with Gasteiger partial charge >= 0.3 is 0 Å². The zero-order chi connectivity index (χ0) is 22.2. The van der Waals surface area contributed by atoms with Gasteiger partial charge in [0, 0.05) is 32.2 Å². The molecule has 0 radical (unpaired) electrons. The van der Waals surface area contributed by atoms with Gasteiger partial charge in [-0.1, -0.05) is 24.6 Å². The van der Waals surface area contributed by atoms with E-state index in [0.29, 0.717) is 24.4 Å². The average molecular weight is 427 g/mol. The van der Waals surface area contributed by atoms with Crippen molar-refractivity contribution in [2.24, 2.45) is 4.99 Å². The number of carbonyl (C=O) groups excluding carboxylic acids is 1. The van der Waals surface area contributed by atoms with Gasteiger partial charge in [-0.05, 0) is 45.0 Å². The number of likely N-dealkylation sites (tertiary alicyclic amines) is 1. The molecule has 0 aliphatic carbocycles. The molecule has 3 rings (SSSR count). The van der Waals surface area contributed by atoms with Gasteiger partial charge in [0.15, 0.2) is 5.96 Å². The molecule has 2 aromatic rings. The smallest absolute Gasteiger partial charge is 0.241 e. The van der Waals surface area contributed by atoms with Gasteiger partial charge < -0.3 is 20.0 Å². The number of hydrogen-bond donors (Lipinski definition) is 2. The Bertz CT molecular complexity index is 874. The highest BCUT2D eigenvalue weighted by Gasteiger charge is 2.23. The highest BCUT2D eigenvalue weighted by Crippen LogP contribution is 2.19. The summed E-state index contributed by atoms with van der Waals surface area (Å²) in [5.74, 6) is 1.19. The van der Waals surface area contributed by atoms with Crippen molar-refractivity contribution in [1.29, 1.82) is 0 Å². The van der Waals surface area contributed by atoms with Crippen molar-refractivity contribution in [2.75, 3.05) is 40.3 Å². The second-order valence-electron chi connectivity index (χ2n) is 8.12. The second kappa shape index (κ2) is 10.9. The van der Waals surface area contributed by atoms with Crippen molar-refractivity contribution in [3.63, 3.8) is 0 Å². The summed E-state index contributed by atoms with van der Waals surface area (Å²) in [6.45, 7) is 7.78. The quantitative estimate of drug-likeness (QED) is 0.497. The first-order chi connectivity index (χ1) is 15.0. The lowest BCUT2D eigenvalue weighted by molar-refractivity contribution is -0.127. The lowest BCUT2D eigenvalue weighted by Crippen LogP contribution is -2.47. The van der Waals surface area contributed by atoms with E-state index >= 15 is 0 Å². The molecule has 1 atom stereocenters. The molecule has 31 heavy (non-hydrogen) atoms. The lowest BCUT2D eigenvalue weighted by atomic mass is 10.1. The van der Waals surface area contributed by atoms with Crippen LogP contribution in [0.15, 0.2) is 39.9 Å². The van der Waals surface area contributed by atoms with Crippen molar-refractivity contribution in [2.45, 2.75) is 39.3 Å². The molecule has 0 spiro atoms. The average Bonchev–Trinajstić information content (AvgIpc) is 3.42. The van der Waals surface area contributed by atoms with Crippen molar-refractivity contribution < 1.29 is 9.21 Å². The standard InChI is InChI=1S/C23H34N6O2/c1-5-29-12-6-7-20(29)14-25-23(26-15-21(30)28(3)4)24-13-19-16-31-22(27-19)18-10-8-17(2)9-11-18/h8-11,16,20H,5-7,12-15H2,1-4H3,(H2,24,25,26). The van der Waals surface area contributed by atoms with E-state index in [1.807, 2.05) is 31.2 Å². The molecule has 8 nitrogen and oxygen atoms in total. The number of aliphatic imine (C=N–C) groups is 1. The van der Waals surface area contributed by atoms with E-state index in [1.54, 1.807) is 25.3 Å². The Morgan fingerprint density at radius 3 is 2.77 bits per heavy atom. The van der Waals surface area contributed by atoms with Crippen molar-refractivity contribution >= 4 is 11.9 Å². The van der Waals surface area contributed by atoms with Crippen LogP contribution >= 0.6 is 0 Å². The van der Waals surface area contributed by atoms with Crippen molar-refractivity contribution in [3.8, 4) is 11.5 Å². The maximum absolute atomic E-state index is 12.0. The van der Waals surface area contributed by atoms with Crippen LogP contribution in [0.4, 0.5) is 0 Å². The second-order valence-corrected chi connectivity index (χ2v) is 8.12. The highest BCUT2D eigenvalue weighted by molar-refractivity contribution is 5.86. The number of guanidine groups is 1. The fourth-order valence-electron chi connectivity index (χ4n) is 3.62. The van der Waals surface area contributed by atoms with Gasteiger partial charge in [-0.25, -0.2) is 9.98 Å². The van der Waals surface area contributed by atoms with Crippen LogP contribution in [0.25, 0.3) is 11.5 Å². The van der Waals surface area contributed by atoms with E-state index < -0.39 is 0 Å². The molecule has 1 amide bonds. The zero-order valence-electron chi connectivity index (χ0n) is 19.0. The van der Waals surface area contributed by atoms with Crippen molar-refractivity contribution in [1.82, 2.24) is 25.4 Å². The molecular weight excluding hydrogens is 392 g/mol. The van der Waals surface area contributed by atoms with E-state index in [0.717, 1.165) is 30.9 Å². The number of amides is 1. The molecule has 1 saturated heterocycles. The van der Waals surface area contributed by atoms with Crippen LogP contribution in [0.2, 0.25) is 0 Å². The Balaban J connectivity index is 1.64.